The molecule has 0 radical (unpaired) electrons. The Balaban J connectivity index is 1.28. The molecule has 2 aliphatic rings. The SMILES string of the molecule is C=C(C)[C@@H]1CC2(CCN(Cc3cc(Oc4ccccc4)ccc3OCC(=O)O)CC2)[C@@H](CC(C)C)O[C@H]1c1c(C)cc(-c2ccccc2OCC)cc1OCC(=O)O. The Morgan fingerprint density at radius 1 is 0.862 bits per heavy atom. The maximum Gasteiger partial charge on any atom is 0.341 e. The summed E-state index contributed by atoms with van der Waals surface area (Å²) in [6, 6.07) is 27.0. The first-order valence-corrected chi connectivity index (χ1v) is 20.3. The number of likely N-dealkylation sites (tertiary alicyclic amines) is 1. The lowest BCUT2D eigenvalue weighted by atomic mass is 9.62. The molecular formula is C48H57NO9. The highest BCUT2D eigenvalue weighted by Crippen LogP contribution is 2.56. The van der Waals surface area contributed by atoms with E-state index in [4.69, 9.17) is 23.7 Å². The third-order valence-corrected chi connectivity index (χ3v) is 11.4. The molecule has 58 heavy (non-hydrogen) atoms. The average Bonchev–Trinajstić information content (AvgIpc) is 3.19. The molecule has 0 bridgehead atoms. The number of ether oxygens (including phenoxy) is 5. The fraction of sp³-hybridized carbons (Fsp3) is 0.417. The van der Waals surface area contributed by atoms with Gasteiger partial charge >= 0.3 is 11.9 Å². The maximum absolute atomic E-state index is 11.9. The molecule has 10 nitrogen and oxygen atoms in total. The number of benzene rings is 4. The van der Waals surface area contributed by atoms with Gasteiger partial charge in [-0.05, 0) is 124 Å². The van der Waals surface area contributed by atoms with Crippen molar-refractivity contribution >= 4 is 11.9 Å². The van der Waals surface area contributed by atoms with E-state index in [0.717, 1.165) is 77.9 Å². The van der Waals surface area contributed by atoms with E-state index >= 15 is 0 Å². The molecule has 4 aromatic carbocycles. The van der Waals surface area contributed by atoms with Gasteiger partial charge in [-0.3, -0.25) is 4.90 Å². The normalized spacial score (nSPS) is 19.1. The van der Waals surface area contributed by atoms with Gasteiger partial charge in [0, 0.05) is 29.2 Å². The Labute approximate surface area is 342 Å². The van der Waals surface area contributed by atoms with Gasteiger partial charge in [0.25, 0.3) is 0 Å². The molecule has 0 aromatic heterocycles. The summed E-state index contributed by atoms with van der Waals surface area (Å²) in [7, 11) is 0. The highest BCUT2D eigenvalue weighted by Gasteiger charge is 2.51. The molecule has 6 rings (SSSR count). The zero-order valence-corrected chi connectivity index (χ0v) is 34.4. The van der Waals surface area contributed by atoms with Crippen molar-refractivity contribution in [3.8, 4) is 39.9 Å². The predicted molar refractivity (Wildman–Crippen MR) is 224 cm³/mol. The Bertz CT molecular complexity index is 2050. The summed E-state index contributed by atoms with van der Waals surface area (Å²) in [6.45, 7) is 16.8. The molecule has 2 aliphatic heterocycles. The third kappa shape index (κ3) is 10.2. The van der Waals surface area contributed by atoms with E-state index < -0.39 is 25.2 Å². The number of rotatable bonds is 17. The summed E-state index contributed by atoms with van der Waals surface area (Å²) in [6.07, 6.45) is 3.11. The topological polar surface area (TPSA) is 124 Å². The van der Waals surface area contributed by atoms with Crippen molar-refractivity contribution in [3.05, 3.63) is 114 Å². The number of carbonyl (C=O) groups is 2. The highest BCUT2D eigenvalue weighted by atomic mass is 16.5. The van der Waals surface area contributed by atoms with Gasteiger partial charge in [0.05, 0.1) is 18.8 Å². The number of aliphatic carboxylic acids is 2. The van der Waals surface area contributed by atoms with Gasteiger partial charge in [-0.2, -0.15) is 0 Å². The van der Waals surface area contributed by atoms with E-state index in [-0.39, 0.29) is 23.5 Å². The molecule has 0 amide bonds. The van der Waals surface area contributed by atoms with E-state index in [0.29, 0.717) is 42.1 Å². The second-order valence-corrected chi connectivity index (χ2v) is 16.2. The second-order valence-electron chi connectivity index (χ2n) is 16.2. The number of carboxylic acids is 2. The number of nitrogens with zero attached hydrogens (tertiary/aromatic N) is 1. The molecule has 308 valence electrons. The van der Waals surface area contributed by atoms with Crippen molar-refractivity contribution in [1.29, 1.82) is 0 Å². The van der Waals surface area contributed by atoms with Gasteiger partial charge in [0.2, 0.25) is 0 Å². The van der Waals surface area contributed by atoms with Crippen LogP contribution >= 0.6 is 0 Å². The van der Waals surface area contributed by atoms with Crippen LogP contribution in [0.15, 0.2) is 97.1 Å². The molecule has 2 N–H and O–H groups in total. The Morgan fingerprint density at radius 2 is 1.53 bits per heavy atom. The van der Waals surface area contributed by atoms with E-state index in [2.05, 4.69) is 38.3 Å². The average molecular weight is 792 g/mol. The van der Waals surface area contributed by atoms with Crippen LogP contribution in [0.5, 0.6) is 28.7 Å². The quantitative estimate of drug-likeness (QED) is 0.0999. The Kier molecular flexibility index (Phi) is 13.8. The lowest BCUT2D eigenvalue weighted by molar-refractivity contribution is -0.176. The summed E-state index contributed by atoms with van der Waals surface area (Å²) < 4.78 is 31.3. The van der Waals surface area contributed by atoms with E-state index in [1.54, 1.807) is 12.1 Å². The standard InChI is InChI=1S/C48H57NO9/c1-7-54-41-16-12-11-15-38(41)34-24-33(6)46(42(26-34)56-30-45(52)53)47-39(32(4)5)27-48(43(58-47)23-31(2)3)19-21-49(22-20-48)28-35-25-37(57-36-13-9-8-10-14-36)17-18-40(35)55-29-44(50)51/h8-18,24-26,31,39,43,47H,4,7,19-23,27-30H2,1-3,5-6H3,(H,50,51)(H,52,53)/t39-,43+,47+/m0/s1. The molecule has 2 fully saturated rings. The molecule has 0 unspecified atom stereocenters. The van der Waals surface area contributed by atoms with E-state index in [9.17, 15) is 19.8 Å². The first-order chi connectivity index (χ1) is 27.9. The number of carboxylic acid groups (broad SMARTS) is 2. The van der Waals surface area contributed by atoms with Crippen LogP contribution in [-0.4, -0.2) is 66.1 Å². The summed E-state index contributed by atoms with van der Waals surface area (Å²) >= 11 is 0. The fourth-order valence-corrected chi connectivity index (χ4v) is 8.63. The largest absolute Gasteiger partial charge is 0.493 e. The molecule has 0 saturated carbocycles. The first-order valence-electron chi connectivity index (χ1n) is 20.3. The second kappa shape index (κ2) is 19.0. The van der Waals surface area contributed by atoms with Gasteiger partial charge < -0.3 is 33.9 Å². The highest BCUT2D eigenvalue weighted by molar-refractivity contribution is 5.74. The van der Waals surface area contributed by atoms with Crippen LogP contribution in [0.4, 0.5) is 0 Å². The van der Waals surface area contributed by atoms with Crippen LogP contribution in [-0.2, 0) is 20.9 Å². The van der Waals surface area contributed by atoms with E-state index in [1.165, 1.54) is 0 Å². The van der Waals surface area contributed by atoms with Gasteiger partial charge in [-0.15, -0.1) is 0 Å². The zero-order chi connectivity index (χ0) is 41.4. The molecule has 2 heterocycles. The number of para-hydroxylation sites is 2. The van der Waals surface area contributed by atoms with Crippen molar-refractivity contribution in [2.45, 2.75) is 79.1 Å². The predicted octanol–water partition coefficient (Wildman–Crippen LogP) is 10.1. The minimum atomic E-state index is -1.05. The Morgan fingerprint density at radius 3 is 2.19 bits per heavy atom. The molecule has 0 aliphatic carbocycles. The number of piperidine rings is 1. The van der Waals surface area contributed by atoms with Crippen LogP contribution in [0.2, 0.25) is 0 Å². The number of aryl methyl sites for hydroxylation is 1. The molecule has 2 saturated heterocycles. The summed E-state index contributed by atoms with van der Waals surface area (Å²) in [4.78, 5) is 25.7. The molecule has 4 aromatic rings. The van der Waals surface area contributed by atoms with Crippen LogP contribution in [0.25, 0.3) is 11.1 Å². The minimum Gasteiger partial charge on any atom is -0.493 e. The first kappa shape index (κ1) is 42.3. The van der Waals surface area contributed by atoms with Crippen LogP contribution in [0, 0.1) is 24.2 Å². The maximum atomic E-state index is 11.9. The Hall–Kier alpha value is -5.32. The lowest BCUT2D eigenvalue weighted by Gasteiger charge is -2.54. The monoisotopic (exact) mass is 791 g/mol. The molecule has 3 atom stereocenters. The minimum absolute atomic E-state index is 0.0368. The number of hydrogen-bond donors (Lipinski definition) is 2. The van der Waals surface area contributed by atoms with Gasteiger partial charge in [0.15, 0.2) is 13.2 Å². The van der Waals surface area contributed by atoms with Gasteiger partial charge in [-0.25, -0.2) is 9.59 Å². The number of hydrogen-bond acceptors (Lipinski definition) is 8. The van der Waals surface area contributed by atoms with Crippen LogP contribution in [0.1, 0.15) is 76.2 Å². The zero-order valence-electron chi connectivity index (χ0n) is 34.4. The third-order valence-electron chi connectivity index (χ3n) is 11.4. The van der Waals surface area contributed by atoms with E-state index in [1.807, 2.05) is 80.6 Å². The van der Waals surface area contributed by atoms with Crippen molar-refractivity contribution in [2.75, 3.05) is 32.9 Å². The van der Waals surface area contributed by atoms with Crippen molar-refractivity contribution < 1.29 is 43.5 Å². The molecule has 1 spiro atoms. The fourth-order valence-electron chi connectivity index (χ4n) is 8.63. The van der Waals surface area contributed by atoms with Crippen LogP contribution < -0.4 is 18.9 Å². The molecular weight excluding hydrogens is 735 g/mol. The summed E-state index contributed by atoms with van der Waals surface area (Å²) in [5, 5.41) is 19.1. The lowest BCUT2D eigenvalue weighted by Crippen LogP contribution is -2.52. The van der Waals surface area contributed by atoms with Gasteiger partial charge in [-0.1, -0.05) is 68.5 Å². The van der Waals surface area contributed by atoms with Crippen molar-refractivity contribution in [2.24, 2.45) is 17.3 Å². The van der Waals surface area contributed by atoms with Crippen molar-refractivity contribution in [3.63, 3.8) is 0 Å². The summed E-state index contributed by atoms with van der Waals surface area (Å²) in [5.41, 5.74) is 5.35. The van der Waals surface area contributed by atoms with Gasteiger partial charge in [0.1, 0.15) is 28.7 Å². The van der Waals surface area contributed by atoms with Crippen molar-refractivity contribution in [1.82, 2.24) is 4.90 Å². The summed E-state index contributed by atoms with van der Waals surface area (Å²) in [5.74, 6) is 1.39. The molecule has 10 heteroatoms. The van der Waals surface area contributed by atoms with Crippen LogP contribution in [0.3, 0.4) is 0 Å². The smallest absolute Gasteiger partial charge is 0.341 e.